The Bertz CT molecular complexity index is 637. The van der Waals surface area contributed by atoms with Gasteiger partial charge < -0.3 is 9.84 Å². The molecule has 1 N–H and O–H groups in total. The first-order chi connectivity index (χ1) is 10.7. The fourth-order valence-electron chi connectivity index (χ4n) is 2.26. The maximum Gasteiger partial charge on any atom is 0.347 e. The molecule has 4 nitrogen and oxygen atoms in total. The Morgan fingerprint density at radius 1 is 1.27 bits per heavy atom. The third kappa shape index (κ3) is 4.07. The van der Waals surface area contributed by atoms with Crippen molar-refractivity contribution in [2.45, 2.75) is 39.5 Å². The molecule has 1 aromatic heterocycles. The normalized spacial score (nSPS) is 10.6. The second-order valence-corrected chi connectivity index (χ2v) is 6.04. The summed E-state index contributed by atoms with van der Waals surface area (Å²) in [5.41, 5.74) is 1.89. The van der Waals surface area contributed by atoms with Gasteiger partial charge in [-0.1, -0.05) is 32.0 Å². The Balaban J connectivity index is 1.88. The number of aryl methyl sites for hydroxylation is 3. The standard InChI is InChI=1S/C17H21NO3S/c1-3-12-8-5-6-9-14(12)21-11-7-10-15-18-13(4-2)16(22-15)17(19)20/h5-6,8-9H,3-4,7,10-11H2,1-2H3,(H,19,20). The summed E-state index contributed by atoms with van der Waals surface area (Å²) in [5.74, 6) is 0.0540. The van der Waals surface area contributed by atoms with Crippen LogP contribution in [0.1, 0.15) is 46.2 Å². The number of carboxylic acids is 1. The van der Waals surface area contributed by atoms with E-state index < -0.39 is 5.97 Å². The van der Waals surface area contributed by atoms with Crippen molar-refractivity contribution in [3.63, 3.8) is 0 Å². The molecule has 22 heavy (non-hydrogen) atoms. The Morgan fingerprint density at radius 2 is 2.05 bits per heavy atom. The first kappa shape index (κ1) is 16.5. The third-order valence-corrected chi connectivity index (χ3v) is 4.56. The first-order valence-electron chi connectivity index (χ1n) is 7.58. The van der Waals surface area contributed by atoms with Crippen LogP contribution >= 0.6 is 11.3 Å². The van der Waals surface area contributed by atoms with E-state index in [0.29, 0.717) is 23.6 Å². The summed E-state index contributed by atoms with van der Waals surface area (Å²) >= 11 is 1.28. The van der Waals surface area contributed by atoms with Gasteiger partial charge in [0.15, 0.2) is 0 Å². The van der Waals surface area contributed by atoms with Gasteiger partial charge in [0, 0.05) is 6.42 Å². The fourth-order valence-corrected chi connectivity index (χ4v) is 3.29. The molecule has 5 heteroatoms. The number of thiazole rings is 1. The highest BCUT2D eigenvalue weighted by Gasteiger charge is 2.15. The van der Waals surface area contributed by atoms with E-state index in [4.69, 9.17) is 9.84 Å². The van der Waals surface area contributed by atoms with Crippen LogP contribution in [0, 0.1) is 0 Å². The summed E-state index contributed by atoms with van der Waals surface area (Å²) in [4.78, 5) is 15.9. The first-order valence-corrected chi connectivity index (χ1v) is 8.39. The van der Waals surface area contributed by atoms with Crippen LogP contribution < -0.4 is 4.74 Å². The van der Waals surface area contributed by atoms with Crippen LogP contribution in [0.15, 0.2) is 24.3 Å². The van der Waals surface area contributed by atoms with Crippen molar-refractivity contribution in [1.82, 2.24) is 4.98 Å². The van der Waals surface area contributed by atoms with Crippen LogP contribution in [0.3, 0.4) is 0 Å². The Morgan fingerprint density at radius 3 is 2.68 bits per heavy atom. The number of aromatic nitrogens is 1. The minimum atomic E-state index is -0.881. The van der Waals surface area contributed by atoms with Crippen molar-refractivity contribution in [1.29, 1.82) is 0 Å². The van der Waals surface area contributed by atoms with Gasteiger partial charge in [-0.05, 0) is 30.9 Å². The zero-order valence-electron chi connectivity index (χ0n) is 13.0. The lowest BCUT2D eigenvalue weighted by Gasteiger charge is -2.09. The molecule has 0 spiro atoms. The summed E-state index contributed by atoms with van der Waals surface area (Å²) < 4.78 is 5.82. The number of benzene rings is 1. The van der Waals surface area contributed by atoms with E-state index in [9.17, 15) is 4.79 Å². The van der Waals surface area contributed by atoms with Crippen molar-refractivity contribution < 1.29 is 14.6 Å². The van der Waals surface area contributed by atoms with E-state index >= 15 is 0 Å². The lowest BCUT2D eigenvalue weighted by molar-refractivity contribution is 0.0701. The van der Waals surface area contributed by atoms with Crippen LogP contribution in [0.5, 0.6) is 5.75 Å². The molecule has 0 radical (unpaired) electrons. The van der Waals surface area contributed by atoms with Gasteiger partial charge in [-0.2, -0.15) is 0 Å². The molecule has 2 rings (SSSR count). The van der Waals surface area contributed by atoms with Gasteiger partial charge in [0.2, 0.25) is 0 Å². The number of hydrogen-bond donors (Lipinski definition) is 1. The molecule has 0 atom stereocenters. The molecule has 118 valence electrons. The van der Waals surface area contributed by atoms with E-state index in [-0.39, 0.29) is 0 Å². The number of carbonyl (C=O) groups is 1. The average Bonchev–Trinajstić information content (AvgIpc) is 2.95. The molecule has 0 amide bonds. The zero-order chi connectivity index (χ0) is 15.9. The summed E-state index contributed by atoms with van der Waals surface area (Å²) in [5, 5.41) is 10.0. The van der Waals surface area contributed by atoms with Crippen LogP contribution in [-0.4, -0.2) is 22.7 Å². The number of para-hydroxylation sites is 1. The topological polar surface area (TPSA) is 59.4 Å². The lowest BCUT2D eigenvalue weighted by Crippen LogP contribution is -2.01. The number of aromatic carboxylic acids is 1. The highest BCUT2D eigenvalue weighted by Crippen LogP contribution is 2.21. The van der Waals surface area contributed by atoms with Gasteiger partial charge in [-0.3, -0.25) is 0 Å². The number of rotatable bonds is 8. The number of ether oxygens (including phenoxy) is 1. The van der Waals surface area contributed by atoms with Crippen molar-refractivity contribution in [3.8, 4) is 5.75 Å². The van der Waals surface area contributed by atoms with E-state index in [1.807, 2.05) is 25.1 Å². The largest absolute Gasteiger partial charge is 0.493 e. The monoisotopic (exact) mass is 319 g/mol. The van der Waals surface area contributed by atoms with Gasteiger partial charge >= 0.3 is 5.97 Å². The smallest absolute Gasteiger partial charge is 0.347 e. The molecule has 0 aliphatic carbocycles. The summed E-state index contributed by atoms with van der Waals surface area (Å²) in [6.45, 7) is 4.65. The van der Waals surface area contributed by atoms with Gasteiger partial charge in [0.1, 0.15) is 10.6 Å². The maximum absolute atomic E-state index is 11.1. The van der Waals surface area contributed by atoms with E-state index in [2.05, 4.69) is 18.0 Å². The number of carboxylic acid groups (broad SMARTS) is 1. The number of hydrogen-bond acceptors (Lipinski definition) is 4. The maximum atomic E-state index is 11.1. The van der Waals surface area contributed by atoms with Gasteiger partial charge in [0.05, 0.1) is 17.3 Å². The van der Waals surface area contributed by atoms with Crippen LogP contribution in [0.25, 0.3) is 0 Å². The Labute approximate surface area is 134 Å². The van der Waals surface area contributed by atoms with E-state index in [1.54, 1.807) is 0 Å². The lowest BCUT2D eigenvalue weighted by atomic mass is 10.1. The highest BCUT2D eigenvalue weighted by atomic mass is 32.1. The van der Waals surface area contributed by atoms with Crippen molar-refractivity contribution in [2.75, 3.05) is 6.61 Å². The molecule has 0 aliphatic heterocycles. The Hall–Kier alpha value is -1.88. The minimum Gasteiger partial charge on any atom is -0.493 e. The Kier molecular flexibility index (Phi) is 5.95. The molecule has 0 aliphatic rings. The minimum absolute atomic E-state index is 0.370. The van der Waals surface area contributed by atoms with E-state index in [0.717, 1.165) is 30.0 Å². The molecule has 0 bridgehead atoms. The van der Waals surface area contributed by atoms with Crippen molar-refractivity contribution in [2.24, 2.45) is 0 Å². The summed E-state index contributed by atoms with van der Waals surface area (Å²) in [6.07, 6.45) is 3.18. The van der Waals surface area contributed by atoms with Crippen LogP contribution in [0.2, 0.25) is 0 Å². The molecule has 0 fully saturated rings. The van der Waals surface area contributed by atoms with E-state index in [1.165, 1.54) is 16.9 Å². The predicted molar refractivity (Wildman–Crippen MR) is 88.1 cm³/mol. The molecular weight excluding hydrogens is 298 g/mol. The molecule has 1 heterocycles. The molecular formula is C17H21NO3S. The summed E-state index contributed by atoms with van der Waals surface area (Å²) in [6, 6.07) is 8.05. The molecule has 2 aromatic rings. The quantitative estimate of drug-likeness (QED) is 0.748. The van der Waals surface area contributed by atoms with Crippen molar-refractivity contribution >= 4 is 17.3 Å². The molecule has 0 saturated heterocycles. The van der Waals surface area contributed by atoms with Crippen molar-refractivity contribution in [3.05, 3.63) is 45.4 Å². The van der Waals surface area contributed by atoms with Gasteiger partial charge in [0.25, 0.3) is 0 Å². The second kappa shape index (κ2) is 7.94. The fraction of sp³-hybridized carbons (Fsp3) is 0.412. The molecule has 0 saturated carbocycles. The third-order valence-electron chi connectivity index (χ3n) is 3.42. The van der Waals surface area contributed by atoms with Gasteiger partial charge in [-0.25, -0.2) is 9.78 Å². The predicted octanol–water partition coefficient (Wildman–Crippen LogP) is 3.98. The van der Waals surface area contributed by atoms with Gasteiger partial charge in [-0.15, -0.1) is 11.3 Å². The second-order valence-electron chi connectivity index (χ2n) is 4.96. The zero-order valence-corrected chi connectivity index (χ0v) is 13.8. The molecule has 1 aromatic carbocycles. The highest BCUT2D eigenvalue weighted by molar-refractivity contribution is 7.13. The summed E-state index contributed by atoms with van der Waals surface area (Å²) in [7, 11) is 0. The number of nitrogens with zero attached hydrogens (tertiary/aromatic N) is 1. The SMILES string of the molecule is CCc1ccccc1OCCCc1nc(CC)c(C(=O)O)s1. The molecule has 0 unspecified atom stereocenters. The van der Waals surface area contributed by atoms with Crippen LogP contribution in [0.4, 0.5) is 0 Å². The van der Waals surface area contributed by atoms with Crippen LogP contribution in [-0.2, 0) is 19.3 Å². The average molecular weight is 319 g/mol.